The first-order valence-electron chi connectivity index (χ1n) is 10.3. The monoisotopic (exact) mass is 517 g/mol. The van der Waals surface area contributed by atoms with Crippen molar-refractivity contribution in [1.82, 2.24) is 20.9 Å². The molecule has 1 atom stereocenters. The molecule has 8 heteroatoms. The molecule has 1 aliphatic rings. The minimum Gasteiger partial charge on any atom is -0.496 e. The van der Waals surface area contributed by atoms with Gasteiger partial charge in [-0.25, -0.2) is 4.99 Å². The average Bonchev–Trinajstić information content (AvgIpc) is 3.25. The van der Waals surface area contributed by atoms with Gasteiger partial charge in [0, 0.05) is 25.2 Å². The number of carbonyl (C=O) groups is 1. The fourth-order valence-corrected chi connectivity index (χ4v) is 3.44. The molecule has 1 saturated heterocycles. The van der Waals surface area contributed by atoms with Crippen LogP contribution in [0, 0.1) is 0 Å². The number of ether oxygens (including phenoxy) is 1. The number of nitrogens with one attached hydrogen (secondary N) is 3. The van der Waals surface area contributed by atoms with Crippen molar-refractivity contribution in [2.75, 3.05) is 46.4 Å². The molecular formula is C21H36IN5O2. The maximum Gasteiger partial charge on any atom is 0.241 e. The molecule has 0 saturated carbocycles. The van der Waals surface area contributed by atoms with Gasteiger partial charge in [-0.3, -0.25) is 9.69 Å². The van der Waals surface area contributed by atoms with Crippen LogP contribution in [0.3, 0.4) is 0 Å². The van der Waals surface area contributed by atoms with Crippen LogP contribution in [-0.4, -0.2) is 63.1 Å². The number of carbonyl (C=O) groups excluding carboxylic acids is 1. The third kappa shape index (κ3) is 8.38. The summed E-state index contributed by atoms with van der Waals surface area (Å²) in [5.41, 5.74) is 1.18. The van der Waals surface area contributed by atoms with Crippen molar-refractivity contribution in [3.8, 4) is 5.75 Å². The van der Waals surface area contributed by atoms with Gasteiger partial charge in [-0.05, 0) is 45.3 Å². The van der Waals surface area contributed by atoms with Gasteiger partial charge >= 0.3 is 0 Å². The Morgan fingerprint density at radius 2 is 1.90 bits per heavy atom. The topological polar surface area (TPSA) is 78.0 Å². The molecule has 0 bridgehead atoms. The zero-order valence-electron chi connectivity index (χ0n) is 17.9. The second kappa shape index (κ2) is 14.4. The summed E-state index contributed by atoms with van der Waals surface area (Å²) < 4.78 is 5.60. The fourth-order valence-electron chi connectivity index (χ4n) is 3.44. The molecule has 0 aromatic heterocycles. The number of nitrogens with zero attached hydrogens (tertiary/aromatic N) is 2. The Labute approximate surface area is 192 Å². The summed E-state index contributed by atoms with van der Waals surface area (Å²) in [7, 11) is 1.72. The number of hydrogen-bond acceptors (Lipinski definition) is 4. The Morgan fingerprint density at radius 1 is 1.17 bits per heavy atom. The standard InChI is InChI=1S/C21H35N5O2.HI/c1-4-12-23-20(27)16-25-21(22-5-2)24-15-18(26-13-8-9-14-26)17-10-6-7-11-19(17)28-3;/h6-7,10-11,18H,4-5,8-9,12-16H2,1-3H3,(H,23,27)(H2,22,24,25);1H. The van der Waals surface area contributed by atoms with Crippen molar-refractivity contribution in [3.63, 3.8) is 0 Å². The van der Waals surface area contributed by atoms with Crippen molar-refractivity contribution < 1.29 is 9.53 Å². The Hall–Kier alpha value is -1.55. The first-order valence-corrected chi connectivity index (χ1v) is 10.3. The lowest BCUT2D eigenvalue weighted by atomic mass is 10.0. The predicted molar refractivity (Wildman–Crippen MR) is 129 cm³/mol. The number of likely N-dealkylation sites (tertiary alicyclic amines) is 1. The van der Waals surface area contributed by atoms with E-state index < -0.39 is 0 Å². The second-order valence-corrected chi connectivity index (χ2v) is 6.93. The number of hydrogen-bond donors (Lipinski definition) is 3. The van der Waals surface area contributed by atoms with Gasteiger partial charge in [0.15, 0.2) is 5.96 Å². The van der Waals surface area contributed by atoms with Crippen molar-refractivity contribution in [1.29, 1.82) is 0 Å². The van der Waals surface area contributed by atoms with E-state index in [2.05, 4.69) is 38.0 Å². The van der Waals surface area contributed by atoms with E-state index in [1.807, 2.05) is 26.0 Å². The van der Waals surface area contributed by atoms with Crippen molar-refractivity contribution in [2.45, 2.75) is 39.2 Å². The Kier molecular flexibility index (Phi) is 12.7. The quantitative estimate of drug-likeness (QED) is 0.253. The summed E-state index contributed by atoms with van der Waals surface area (Å²) in [6, 6.07) is 8.38. The van der Waals surface area contributed by atoms with E-state index >= 15 is 0 Å². The molecule has 1 fully saturated rings. The van der Waals surface area contributed by atoms with Crippen LogP contribution in [0.2, 0.25) is 0 Å². The zero-order chi connectivity index (χ0) is 20.2. The van der Waals surface area contributed by atoms with Crippen LogP contribution in [0.15, 0.2) is 29.3 Å². The van der Waals surface area contributed by atoms with E-state index in [1.165, 1.54) is 18.4 Å². The average molecular weight is 517 g/mol. The molecule has 0 aliphatic carbocycles. The minimum atomic E-state index is -0.0557. The SMILES string of the molecule is CCCNC(=O)CN=C(NCC)NCC(c1ccccc1OC)N1CCCC1.I. The van der Waals surface area contributed by atoms with Gasteiger partial charge in [0.2, 0.25) is 5.91 Å². The highest BCUT2D eigenvalue weighted by Gasteiger charge is 2.26. The number of halogens is 1. The van der Waals surface area contributed by atoms with Gasteiger partial charge in [0.05, 0.1) is 13.2 Å². The third-order valence-corrected chi connectivity index (χ3v) is 4.84. The number of methoxy groups -OCH3 is 1. The minimum absolute atomic E-state index is 0. The highest BCUT2D eigenvalue weighted by Crippen LogP contribution is 2.31. The van der Waals surface area contributed by atoms with Gasteiger partial charge in [-0.2, -0.15) is 0 Å². The van der Waals surface area contributed by atoms with Crippen LogP contribution in [0.1, 0.15) is 44.7 Å². The highest BCUT2D eigenvalue weighted by atomic mass is 127. The molecule has 1 heterocycles. The number of benzene rings is 1. The molecule has 2 rings (SSSR count). The van der Waals surface area contributed by atoms with Crippen molar-refractivity contribution in [3.05, 3.63) is 29.8 Å². The molecule has 7 nitrogen and oxygen atoms in total. The molecule has 1 aromatic carbocycles. The molecule has 1 amide bonds. The lowest BCUT2D eigenvalue weighted by Gasteiger charge is -2.30. The maximum absolute atomic E-state index is 11.9. The Morgan fingerprint density at radius 3 is 2.55 bits per heavy atom. The number of amides is 1. The fraction of sp³-hybridized carbons (Fsp3) is 0.619. The summed E-state index contributed by atoms with van der Waals surface area (Å²) in [6.07, 6.45) is 3.36. The summed E-state index contributed by atoms with van der Waals surface area (Å²) >= 11 is 0. The maximum atomic E-state index is 11.9. The van der Waals surface area contributed by atoms with Crippen LogP contribution in [0.4, 0.5) is 0 Å². The summed E-state index contributed by atoms with van der Waals surface area (Å²) in [6.45, 7) is 8.46. The van der Waals surface area contributed by atoms with E-state index in [-0.39, 0.29) is 42.5 Å². The van der Waals surface area contributed by atoms with Gasteiger partial charge in [-0.15, -0.1) is 24.0 Å². The van der Waals surface area contributed by atoms with Crippen LogP contribution in [0.25, 0.3) is 0 Å². The highest BCUT2D eigenvalue weighted by molar-refractivity contribution is 14.0. The largest absolute Gasteiger partial charge is 0.496 e. The van der Waals surface area contributed by atoms with Crippen molar-refractivity contribution >= 4 is 35.8 Å². The second-order valence-electron chi connectivity index (χ2n) is 6.93. The van der Waals surface area contributed by atoms with Gasteiger partial charge in [0.1, 0.15) is 12.3 Å². The number of para-hydroxylation sites is 1. The summed E-state index contributed by atoms with van der Waals surface area (Å²) in [5.74, 6) is 1.51. The molecule has 0 spiro atoms. The van der Waals surface area contributed by atoms with Crippen molar-refractivity contribution in [2.24, 2.45) is 4.99 Å². The molecular weight excluding hydrogens is 481 g/mol. The lowest BCUT2D eigenvalue weighted by molar-refractivity contribution is -0.119. The molecule has 29 heavy (non-hydrogen) atoms. The third-order valence-electron chi connectivity index (χ3n) is 4.84. The van der Waals surface area contributed by atoms with Gasteiger partial charge in [-0.1, -0.05) is 25.1 Å². The van der Waals surface area contributed by atoms with Crippen LogP contribution < -0.4 is 20.7 Å². The van der Waals surface area contributed by atoms with E-state index in [1.54, 1.807) is 7.11 Å². The lowest BCUT2D eigenvalue weighted by Crippen LogP contribution is -2.43. The van der Waals surface area contributed by atoms with Gasteiger partial charge < -0.3 is 20.7 Å². The van der Waals surface area contributed by atoms with E-state index in [0.717, 1.165) is 31.8 Å². The molecule has 1 unspecified atom stereocenters. The zero-order valence-corrected chi connectivity index (χ0v) is 20.2. The normalized spacial score (nSPS) is 15.3. The Bertz CT molecular complexity index is 635. The molecule has 1 aromatic rings. The van der Waals surface area contributed by atoms with Crippen LogP contribution in [0.5, 0.6) is 5.75 Å². The van der Waals surface area contributed by atoms with Gasteiger partial charge in [0.25, 0.3) is 0 Å². The Balaban J connectivity index is 0.00000420. The molecule has 1 aliphatic heterocycles. The first kappa shape index (κ1) is 25.5. The first-order chi connectivity index (χ1) is 13.7. The molecule has 164 valence electrons. The summed E-state index contributed by atoms with van der Waals surface area (Å²) in [4.78, 5) is 18.8. The number of guanidine groups is 1. The van der Waals surface area contributed by atoms with E-state index in [0.29, 0.717) is 19.0 Å². The summed E-state index contributed by atoms with van der Waals surface area (Å²) in [5, 5.41) is 9.50. The molecule has 3 N–H and O–H groups in total. The van der Waals surface area contributed by atoms with E-state index in [9.17, 15) is 4.79 Å². The smallest absolute Gasteiger partial charge is 0.241 e. The number of aliphatic imine (C=N–C) groups is 1. The van der Waals surface area contributed by atoms with Crippen LogP contribution >= 0.6 is 24.0 Å². The predicted octanol–water partition coefficient (Wildman–Crippen LogP) is 2.53. The van der Waals surface area contributed by atoms with Crippen LogP contribution in [-0.2, 0) is 4.79 Å². The number of rotatable bonds is 10. The molecule has 0 radical (unpaired) electrons. The van der Waals surface area contributed by atoms with E-state index in [4.69, 9.17) is 4.74 Å².